The smallest absolute Gasteiger partial charge is 0.284 e. The highest BCUT2D eigenvalue weighted by Gasteiger charge is 2.36. The van der Waals surface area contributed by atoms with Gasteiger partial charge in [-0.15, -0.1) is 5.10 Å². The van der Waals surface area contributed by atoms with Crippen LogP contribution in [-0.4, -0.2) is 56.0 Å². The van der Waals surface area contributed by atoms with E-state index in [1.54, 1.807) is 18.3 Å². The third kappa shape index (κ3) is 3.11. The lowest BCUT2D eigenvalue weighted by Gasteiger charge is -2.24. The van der Waals surface area contributed by atoms with Crippen molar-refractivity contribution in [3.8, 4) is 0 Å². The van der Waals surface area contributed by atoms with Gasteiger partial charge in [-0.25, -0.2) is 18.3 Å². The number of hydrogen-bond donors (Lipinski definition) is 2. The Morgan fingerprint density at radius 1 is 1.31 bits per heavy atom. The van der Waals surface area contributed by atoms with Crippen LogP contribution in [0.4, 0.5) is 20.4 Å². The molecule has 11 heteroatoms. The highest BCUT2D eigenvalue weighted by atomic mass is 19.3. The summed E-state index contributed by atoms with van der Waals surface area (Å²) in [6, 6.07) is 3.66. The minimum Gasteiger partial charge on any atom is -0.335 e. The van der Waals surface area contributed by atoms with Crippen LogP contribution >= 0.6 is 0 Å². The maximum atomic E-state index is 13.2. The Morgan fingerprint density at radius 2 is 2.17 bits per heavy atom. The largest absolute Gasteiger partial charge is 0.335 e. The Labute approximate surface area is 164 Å². The zero-order chi connectivity index (χ0) is 20.1. The van der Waals surface area contributed by atoms with Crippen molar-refractivity contribution in [1.29, 1.82) is 0 Å². The Kier molecular flexibility index (Phi) is 4.19. The Balaban J connectivity index is 1.45. The van der Waals surface area contributed by atoms with Crippen molar-refractivity contribution in [3.05, 3.63) is 35.9 Å². The molecule has 2 bridgehead atoms. The van der Waals surface area contributed by atoms with E-state index in [-0.39, 0.29) is 11.4 Å². The van der Waals surface area contributed by atoms with E-state index in [1.165, 1.54) is 22.4 Å². The minimum atomic E-state index is -2.78. The first-order chi connectivity index (χ1) is 14.0. The monoisotopic (exact) mass is 402 g/mol. The number of nitrogens with one attached hydrogen (secondary N) is 2. The number of aromatic nitrogens is 5. The summed E-state index contributed by atoms with van der Waals surface area (Å²) in [7, 11) is 1.52. The summed E-state index contributed by atoms with van der Waals surface area (Å²) in [5.74, 6) is 0.596. The molecule has 0 unspecified atom stereocenters. The lowest BCUT2D eigenvalue weighted by atomic mass is 10.0. The predicted molar refractivity (Wildman–Crippen MR) is 101 cm³/mol. The number of carbonyl (C=O) groups excluding carboxylic acids is 1. The Hall–Kier alpha value is -3.08. The molecular weight excluding hydrogens is 382 g/mol. The van der Waals surface area contributed by atoms with Crippen LogP contribution in [0.1, 0.15) is 29.0 Å². The fourth-order valence-electron chi connectivity index (χ4n) is 4.20. The number of piperidine rings is 1. The van der Waals surface area contributed by atoms with Gasteiger partial charge in [-0.1, -0.05) is 0 Å². The maximum absolute atomic E-state index is 13.2. The van der Waals surface area contributed by atoms with E-state index in [1.807, 2.05) is 0 Å². The summed E-state index contributed by atoms with van der Waals surface area (Å²) >= 11 is 0. The number of nitrogens with zero attached hydrogens (tertiary/aromatic N) is 6. The molecule has 0 spiro atoms. The highest BCUT2D eigenvalue weighted by molar-refractivity contribution is 6.04. The van der Waals surface area contributed by atoms with Crippen molar-refractivity contribution in [2.24, 2.45) is 13.0 Å². The molecule has 2 saturated heterocycles. The fourth-order valence-corrected chi connectivity index (χ4v) is 4.20. The van der Waals surface area contributed by atoms with Gasteiger partial charge in [0.25, 0.3) is 12.3 Å². The number of alkyl halides is 2. The number of anilines is 2. The van der Waals surface area contributed by atoms with Gasteiger partial charge in [0.15, 0.2) is 5.69 Å². The first-order valence-corrected chi connectivity index (χ1v) is 9.45. The Morgan fingerprint density at radius 3 is 2.97 bits per heavy atom. The normalized spacial score (nSPS) is 21.3. The molecule has 2 fully saturated rings. The molecule has 0 aromatic carbocycles. The molecule has 2 atom stereocenters. The minimum absolute atomic E-state index is 0.0175. The molecule has 3 aromatic rings. The van der Waals surface area contributed by atoms with Crippen LogP contribution < -0.4 is 15.5 Å². The number of carbonyl (C=O) groups is 1. The summed E-state index contributed by atoms with van der Waals surface area (Å²) in [5, 5.41) is 14.2. The molecule has 0 radical (unpaired) electrons. The molecule has 3 aromatic heterocycles. The second kappa shape index (κ2) is 6.76. The van der Waals surface area contributed by atoms with Crippen LogP contribution in [0.3, 0.4) is 0 Å². The van der Waals surface area contributed by atoms with E-state index in [4.69, 9.17) is 0 Å². The van der Waals surface area contributed by atoms with Crippen molar-refractivity contribution >= 4 is 23.1 Å². The van der Waals surface area contributed by atoms with Crippen molar-refractivity contribution in [3.63, 3.8) is 0 Å². The van der Waals surface area contributed by atoms with Gasteiger partial charge in [0.1, 0.15) is 5.69 Å². The molecule has 0 aliphatic carbocycles. The highest BCUT2D eigenvalue weighted by Crippen LogP contribution is 2.29. The van der Waals surface area contributed by atoms with Gasteiger partial charge >= 0.3 is 0 Å². The summed E-state index contributed by atoms with van der Waals surface area (Å²) in [6.45, 7) is 2.75. The van der Waals surface area contributed by atoms with Crippen LogP contribution in [-0.2, 0) is 7.05 Å². The van der Waals surface area contributed by atoms with Gasteiger partial charge in [0.05, 0.1) is 17.4 Å². The summed E-state index contributed by atoms with van der Waals surface area (Å²) in [5.41, 5.74) is 0.414. The first kappa shape index (κ1) is 18.0. The number of hydrogen-bond acceptors (Lipinski definition) is 6. The average Bonchev–Trinajstić information content (AvgIpc) is 3.36. The van der Waals surface area contributed by atoms with Crippen LogP contribution in [0.25, 0.3) is 5.52 Å². The number of fused-ring (bicyclic) bond motifs is 3. The van der Waals surface area contributed by atoms with Crippen molar-refractivity contribution in [1.82, 2.24) is 29.7 Å². The number of aryl methyl sites for hydroxylation is 1. The topological polar surface area (TPSA) is 92.4 Å². The molecule has 5 rings (SSSR count). The molecule has 2 N–H and O–H groups in total. The second-order valence-corrected chi connectivity index (χ2v) is 7.54. The van der Waals surface area contributed by atoms with Gasteiger partial charge in [-0.3, -0.25) is 9.48 Å². The SMILES string of the molecule is Cn1cc(NC(=O)c2ccc3cnc(N4C[C@H]5CNC[C@@H]4C5)nn23)c(C(F)F)n1. The quantitative estimate of drug-likeness (QED) is 0.686. The third-order valence-corrected chi connectivity index (χ3v) is 5.50. The van der Waals surface area contributed by atoms with Crippen molar-refractivity contribution in [2.75, 3.05) is 29.9 Å². The summed E-state index contributed by atoms with van der Waals surface area (Å²) in [4.78, 5) is 19.4. The number of rotatable bonds is 4. The standard InChI is InChI=1S/C18H20F2N8O/c1-26-9-13(15(24-26)16(19)20)23-17(29)14-3-2-11-7-22-18(25-28(11)14)27-8-10-4-12(27)6-21-5-10/h2-3,7,9-10,12,16,21H,4-6,8H2,1H3,(H,23,29)/t10-,12+/m1/s1. The van der Waals surface area contributed by atoms with Gasteiger partial charge in [-0.05, 0) is 31.0 Å². The maximum Gasteiger partial charge on any atom is 0.284 e. The molecular formula is C18H20F2N8O. The molecule has 1 amide bonds. The summed E-state index contributed by atoms with van der Waals surface area (Å²) in [6.07, 6.45) is 1.34. The van der Waals surface area contributed by atoms with E-state index >= 15 is 0 Å². The zero-order valence-corrected chi connectivity index (χ0v) is 15.7. The van der Waals surface area contributed by atoms with Crippen LogP contribution in [0.2, 0.25) is 0 Å². The van der Waals surface area contributed by atoms with E-state index in [0.29, 0.717) is 23.4 Å². The third-order valence-electron chi connectivity index (χ3n) is 5.50. The second-order valence-electron chi connectivity index (χ2n) is 7.54. The molecule has 2 aliphatic heterocycles. The van der Waals surface area contributed by atoms with Crippen molar-refractivity contribution < 1.29 is 13.6 Å². The molecule has 2 aliphatic rings. The summed E-state index contributed by atoms with van der Waals surface area (Å²) < 4.78 is 29.1. The molecule has 0 saturated carbocycles. The first-order valence-electron chi connectivity index (χ1n) is 9.45. The lowest BCUT2D eigenvalue weighted by molar-refractivity contribution is 0.101. The van der Waals surface area contributed by atoms with Gasteiger partial charge in [0.2, 0.25) is 5.95 Å². The molecule has 5 heterocycles. The van der Waals surface area contributed by atoms with E-state index in [2.05, 4.69) is 30.7 Å². The predicted octanol–water partition coefficient (Wildman–Crippen LogP) is 1.45. The van der Waals surface area contributed by atoms with Gasteiger partial charge in [-0.2, -0.15) is 5.10 Å². The lowest BCUT2D eigenvalue weighted by Crippen LogP contribution is -2.39. The average molecular weight is 402 g/mol. The fraction of sp³-hybridized carbons (Fsp3) is 0.444. The van der Waals surface area contributed by atoms with Gasteiger partial charge < -0.3 is 15.5 Å². The number of amides is 1. The molecule has 29 heavy (non-hydrogen) atoms. The van der Waals surface area contributed by atoms with E-state index < -0.39 is 18.0 Å². The van der Waals surface area contributed by atoms with Crippen LogP contribution in [0.15, 0.2) is 24.5 Å². The zero-order valence-electron chi connectivity index (χ0n) is 15.7. The molecule has 9 nitrogen and oxygen atoms in total. The number of halogens is 2. The van der Waals surface area contributed by atoms with Crippen LogP contribution in [0.5, 0.6) is 0 Å². The van der Waals surface area contributed by atoms with Crippen LogP contribution in [0, 0.1) is 5.92 Å². The Bertz CT molecular complexity index is 1080. The van der Waals surface area contributed by atoms with E-state index in [0.717, 1.165) is 26.1 Å². The molecule has 152 valence electrons. The van der Waals surface area contributed by atoms with E-state index in [9.17, 15) is 13.6 Å². The van der Waals surface area contributed by atoms with Gasteiger partial charge in [0, 0.05) is 32.4 Å². The van der Waals surface area contributed by atoms with Crippen molar-refractivity contribution in [2.45, 2.75) is 18.9 Å².